The minimum atomic E-state index is 0.651. The molecule has 1 fully saturated rings. The highest BCUT2D eigenvalue weighted by atomic mass is 16.6. The van der Waals surface area contributed by atoms with E-state index in [2.05, 4.69) is 30.4 Å². The van der Waals surface area contributed by atoms with E-state index in [1.165, 1.54) is 44.1 Å². The summed E-state index contributed by atoms with van der Waals surface area (Å²) in [5, 5.41) is 3.72. The van der Waals surface area contributed by atoms with E-state index in [4.69, 9.17) is 9.47 Å². The van der Waals surface area contributed by atoms with Crippen molar-refractivity contribution in [3.63, 3.8) is 0 Å². The Bertz CT molecular complexity index is 461. The first-order valence-corrected chi connectivity index (χ1v) is 8.49. The Morgan fingerprint density at radius 2 is 1.90 bits per heavy atom. The van der Waals surface area contributed by atoms with Gasteiger partial charge in [0.05, 0.1) is 0 Å². The quantitative estimate of drug-likeness (QED) is 0.853. The van der Waals surface area contributed by atoms with Gasteiger partial charge in [0.15, 0.2) is 11.5 Å². The van der Waals surface area contributed by atoms with Gasteiger partial charge in [0.2, 0.25) is 0 Å². The molecule has 1 aliphatic heterocycles. The van der Waals surface area contributed by atoms with Gasteiger partial charge in [0.1, 0.15) is 13.2 Å². The van der Waals surface area contributed by atoms with Crippen molar-refractivity contribution in [3.05, 3.63) is 23.8 Å². The zero-order chi connectivity index (χ0) is 14.5. The van der Waals surface area contributed by atoms with Crippen molar-refractivity contribution >= 4 is 0 Å². The van der Waals surface area contributed by atoms with Gasteiger partial charge in [-0.1, -0.05) is 25.8 Å². The van der Waals surface area contributed by atoms with Crippen LogP contribution in [0.25, 0.3) is 0 Å². The first-order chi connectivity index (χ1) is 10.4. The maximum Gasteiger partial charge on any atom is 0.161 e. The van der Waals surface area contributed by atoms with E-state index in [-0.39, 0.29) is 0 Å². The lowest BCUT2D eigenvalue weighted by atomic mass is 9.90. The second-order valence-electron chi connectivity index (χ2n) is 6.27. The van der Waals surface area contributed by atoms with Gasteiger partial charge in [-0.25, -0.2) is 0 Å². The van der Waals surface area contributed by atoms with E-state index in [9.17, 15) is 0 Å². The van der Waals surface area contributed by atoms with Crippen molar-refractivity contribution in [2.75, 3.05) is 19.8 Å². The number of fused-ring (bicyclic) bond motifs is 1. The molecule has 2 unspecified atom stereocenters. The van der Waals surface area contributed by atoms with Crippen LogP contribution in [-0.4, -0.2) is 25.8 Å². The molecule has 0 saturated heterocycles. The molecule has 1 heterocycles. The van der Waals surface area contributed by atoms with Crippen LogP contribution in [0, 0.1) is 0 Å². The summed E-state index contributed by atoms with van der Waals surface area (Å²) in [5.41, 5.74) is 1.42. The van der Waals surface area contributed by atoms with Crippen molar-refractivity contribution in [2.24, 2.45) is 0 Å². The van der Waals surface area contributed by atoms with Crippen LogP contribution in [0.15, 0.2) is 18.2 Å². The van der Waals surface area contributed by atoms with Gasteiger partial charge in [0.25, 0.3) is 0 Å². The van der Waals surface area contributed by atoms with Gasteiger partial charge >= 0.3 is 0 Å². The SMILES string of the molecule is CCCNC1CCCCC(c2ccc3c(c2)OCCO3)C1. The average Bonchev–Trinajstić information content (AvgIpc) is 2.78. The Labute approximate surface area is 128 Å². The normalized spacial score (nSPS) is 25.4. The highest BCUT2D eigenvalue weighted by molar-refractivity contribution is 5.44. The molecule has 1 aromatic rings. The first kappa shape index (κ1) is 14.7. The molecule has 2 aliphatic rings. The molecule has 1 aliphatic carbocycles. The number of hydrogen-bond donors (Lipinski definition) is 1. The predicted molar refractivity (Wildman–Crippen MR) is 85.3 cm³/mol. The summed E-state index contributed by atoms with van der Waals surface area (Å²) in [5.74, 6) is 2.48. The smallest absolute Gasteiger partial charge is 0.161 e. The number of hydrogen-bond acceptors (Lipinski definition) is 3. The minimum absolute atomic E-state index is 0.651. The van der Waals surface area contributed by atoms with E-state index >= 15 is 0 Å². The van der Waals surface area contributed by atoms with E-state index in [1.54, 1.807) is 0 Å². The largest absolute Gasteiger partial charge is 0.486 e. The van der Waals surface area contributed by atoms with Gasteiger partial charge in [-0.05, 0) is 55.8 Å². The lowest BCUT2D eigenvalue weighted by Crippen LogP contribution is -2.30. The van der Waals surface area contributed by atoms with E-state index in [0.717, 1.165) is 18.0 Å². The van der Waals surface area contributed by atoms with Gasteiger partial charge < -0.3 is 14.8 Å². The molecule has 0 bridgehead atoms. The maximum atomic E-state index is 5.74. The van der Waals surface area contributed by atoms with Crippen molar-refractivity contribution in [1.29, 1.82) is 0 Å². The molecule has 3 heteroatoms. The van der Waals surface area contributed by atoms with Crippen LogP contribution in [0.2, 0.25) is 0 Å². The maximum absolute atomic E-state index is 5.74. The Morgan fingerprint density at radius 1 is 1.10 bits per heavy atom. The van der Waals surface area contributed by atoms with Crippen molar-refractivity contribution < 1.29 is 9.47 Å². The second kappa shape index (κ2) is 7.17. The summed E-state index contributed by atoms with van der Waals surface area (Å²) >= 11 is 0. The monoisotopic (exact) mass is 289 g/mol. The molecule has 3 rings (SSSR count). The Morgan fingerprint density at radius 3 is 2.76 bits per heavy atom. The highest BCUT2D eigenvalue weighted by Gasteiger charge is 2.22. The van der Waals surface area contributed by atoms with Gasteiger partial charge in [-0.3, -0.25) is 0 Å². The van der Waals surface area contributed by atoms with Crippen molar-refractivity contribution in [3.8, 4) is 11.5 Å². The summed E-state index contributed by atoms with van der Waals surface area (Å²) in [6.07, 6.45) is 7.77. The van der Waals surface area contributed by atoms with Crippen LogP contribution in [0.1, 0.15) is 56.9 Å². The van der Waals surface area contributed by atoms with Gasteiger partial charge in [-0.2, -0.15) is 0 Å². The number of ether oxygens (including phenoxy) is 2. The molecule has 1 saturated carbocycles. The van der Waals surface area contributed by atoms with Gasteiger partial charge in [0, 0.05) is 6.04 Å². The fourth-order valence-corrected chi connectivity index (χ4v) is 3.51. The molecular formula is C18H27NO2. The standard InChI is InChI=1S/C18H27NO2/c1-2-9-19-16-6-4-3-5-14(12-16)15-7-8-17-18(13-15)21-11-10-20-17/h7-8,13-14,16,19H,2-6,9-12H2,1H3. The molecule has 0 amide bonds. The molecule has 21 heavy (non-hydrogen) atoms. The average molecular weight is 289 g/mol. The zero-order valence-electron chi connectivity index (χ0n) is 13.1. The van der Waals surface area contributed by atoms with E-state index in [0.29, 0.717) is 25.2 Å². The minimum Gasteiger partial charge on any atom is -0.486 e. The molecule has 116 valence electrons. The molecule has 0 spiro atoms. The Kier molecular flexibility index (Phi) is 5.02. The molecular weight excluding hydrogens is 262 g/mol. The topological polar surface area (TPSA) is 30.5 Å². The van der Waals surface area contributed by atoms with Crippen LogP contribution in [0.3, 0.4) is 0 Å². The van der Waals surface area contributed by atoms with Crippen molar-refractivity contribution in [1.82, 2.24) is 5.32 Å². The third-order valence-electron chi connectivity index (χ3n) is 4.64. The molecule has 1 aromatic carbocycles. The van der Waals surface area contributed by atoms with E-state index in [1.807, 2.05) is 0 Å². The van der Waals surface area contributed by atoms with Crippen LogP contribution in [0.4, 0.5) is 0 Å². The third kappa shape index (κ3) is 3.70. The Balaban J connectivity index is 1.71. The van der Waals surface area contributed by atoms with Crippen LogP contribution in [-0.2, 0) is 0 Å². The Hall–Kier alpha value is -1.22. The highest BCUT2D eigenvalue weighted by Crippen LogP contribution is 2.37. The summed E-state index contributed by atoms with van der Waals surface area (Å²) in [6.45, 7) is 4.71. The number of nitrogens with one attached hydrogen (secondary N) is 1. The lowest BCUT2D eigenvalue weighted by molar-refractivity contribution is 0.171. The summed E-state index contributed by atoms with van der Waals surface area (Å²) < 4.78 is 11.4. The second-order valence-corrected chi connectivity index (χ2v) is 6.27. The molecule has 1 N–H and O–H groups in total. The summed E-state index contributed by atoms with van der Waals surface area (Å²) in [6, 6.07) is 7.20. The predicted octanol–water partition coefficient (Wildman–Crippen LogP) is 3.87. The van der Waals surface area contributed by atoms with Crippen LogP contribution in [0.5, 0.6) is 11.5 Å². The third-order valence-corrected chi connectivity index (χ3v) is 4.64. The van der Waals surface area contributed by atoms with Crippen molar-refractivity contribution in [2.45, 2.75) is 57.4 Å². The zero-order valence-corrected chi connectivity index (χ0v) is 13.1. The number of rotatable bonds is 4. The molecule has 3 nitrogen and oxygen atoms in total. The first-order valence-electron chi connectivity index (χ1n) is 8.49. The van der Waals surface area contributed by atoms with E-state index < -0.39 is 0 Å². The summed E-state index contributed by atoms with van der Waals surface area (Å²) in [7, 11) is 0. The molecule has 0 aromatic heterocycles. The van der Waals surface area contributed by atoms with Crippen LogP contribution >= 0.6 is 0 Å². The fraction of sp³-hybridized carbons (Fsp3) is 0.667. The number of benzene rings is 1. The lowest BCUT2D eigenvalue weighted by Gasteiger charge is -2.24. The fourth-order valence-electron chi connectivity index (χ4n) is 3.51. The molecule has 2 atom stereocenters. The molecule has 0 radical (unpaired) electrons. The van der Waals surface area contributed by atoms with Crippen LogP contribution < -0.4 is 14.8 Å². The summed E-state index contributed by atoms with van der Waals surface area (Å²) in [4.78, 5) is 0. The van der Waals surface area contributed by atoms with Gasteiger partial charge in [-0.15, -0.1) is 0 Å².